The molecule has 0 saturated heterocycles. The van der Waals surface area contributed by atoms with Gasteiger partial charge in [-0.15, -0.1) is 0 Å². The second-order valence-electron chi connectivity index (χ2n) is 4.74. The maximum absolute atomic E-state index is 13.8. The van der Waals surface area contributed by atoms with Crippen molar-refractivity contribution in [2.24, 2.45) is 0 Å². The molecule has 0 fully saturated rings. The highest BCUT2D eigenvalue weighted by molar-refractivity contribution is 9.10. The van der Waals surface area contributed by atoms with Crippen molar-refractivity contribution in [1.29, 1.82) is 0 Å². The molecule has 0 aliphatic heterocycles. The molecule has 2 nitrogen and oxygen atoms in total. The number of methoxy groups -OCH3 is 1. The van der Waals surface area contributed by atoms with E-state index in [4.69, 9.17) is 4.74 Å². The molecular formula is C16H17BrFNO. The van der Waals surface area contributed by atoms with Crippen LogP contribution in [0.4, 0.5) is 10.1 Å². The van der Waals surface area contributed by atoms with Crippen molar-refractivity contribution in [2.75, 3.05) is 12.4 Å². The molecule has 0 aliphatic rings. The van der Waals surface area contributed by atoms with Gasteiger partial charge in [-0.05, 0) is 43.7 Å². The number of anilines is 1. The maximum atomic E-state index is 13.8. The van der Waals surface area contributed by atoms with Crippen LogP contribution < -0.4 is 10.1 Å². The van der Waals surface area contributed by atoms with Crippen molar-refractivity contribution in [3.05, 3.63) is 57.8 Å². The molecule has 2 aromatic carbocycles. The first-order valence-corrected chi connectivity index (χ1v) is 7.16. The van der Waals surface area contributed by atoms with Crippen LogP contribution in [0.15, 0.2) is 40.9 Å². The van der Waals surface area contributed by atoms with Crippen molar-refractivity contribution in [2.45, 2.75) is 19.9 Å². The minimum Gasteiger partial charge on any atom is -0.496 e. The van der Waals surface area contributed by atoms with Gasteiger partial charge in [-0.2, -0.15) is 0 Å². The average molecular weight is 338 g/mol. The van der Waals surface area contributed by atoms with E-state index in [0.29, 0.717) is 5.69 Å². The molecular weight excluding hydrogens is 321 g/mol. The zero-order valence-electron chi connectivity index (χ0n) is 11.7. The summed E-state index contributed by atoms with van der Waals surface area (Å²) in [5.74, 6) is 0.528. The van der Waals surface area contributed by atoms with Gasteiger partial charge in [0.25, 0.3) is 0 Å². The van der Waals surface area contributed by atoms with Crippen LogP contribution in [0.25, 0.3) is 0 Å². The number of hydrogen-bond acceptors (Lipinski definition) is 2. The molecule has 1 unspecified atom stereocenters. The van der Waals surface area contributed by atoms with Gasteiger partial charge >= 0.3 is 0 Å². The van der Waals surface area contributed by atoms with E-state index >= 15 is 0 Å². The number of benzene rings is 2. The van der Waals surface area contributed by atoms with Crippen LogP contribution >= 0.6 is 15.9 Å². The van der Waals surface area contributed by atoms with Crippen LogP contribution in [0.2, 0.25) is 0 Å². The molecule has 0 saturated carbocycles. The van der Waals surface area contributed by atoms with E-state index in [2.05, 4.69) is 21.2 Å². The van der Waals surface area contributed by atoms with Gasteiger partial charge in [0.1, 0.15) is 11.6 Å². The van der Waals surface area contributed by atoms with E-state index in [0.717, 1.165) is 21.3 Å². The van der Waals surface area contributed by atoms with E-state index in [9.17, 15) is 4.39 Å². The fraction of sp³-hybridized carbons (Fsp3) is 0.250. The van der Waals surface area contributed by atoms with Crippen molar-refractivity contribution in [3.63, 3.8) is 0 Å². The predicted molar refractivity (Wildman–Crippen MR) is 83.9 cm³/mol. The van der Waals surface area contributed by atoms with Crippen LogP contribution in [-0.4, -0.2) is 7.11 Å². The van der Waals surface area contributed by atoms with Crippen LogP contribution in [0.5, 0.6) is 5.75 Å². The third kappa shape index (κ3) is 3.31. The quantitative estimate of drug-likeness (QED) is 0.840. The highest BCUT2D eigenvalue weighted by atomic mass is 79.9. The molecule has 1 N–H and O–H groups in total. The second kappa shape index (κ2) is 6.27. The molecule has 2 rings (SSSR count). The molecule has 0 bridgehead atoms. The minimum atomic E-state index is -0.280. The number of rotatable bonds is 4. The Morgan fingerprint density at radius 2 is 1.95 bits per heavy atom. The molecule has 2 aromatic rings. The molecule has 4 heteroatoms. The van der Waals surface area contributed by atoms with Crippen LogP contribution in [0.3, 0.4) is 0 Å². The number of halogens is 2. The fourth-order valence-corrected chi connectivity index (χ4v) is 2.43. The van der Waals surface area contributed by atoms with Crippen molar-refractivity contribution in [1.82, 2.24) is 0 Å². The van der Waals surface area contributed by atoms with Gasteiger partial charge < -0.3 is 10.1 Å². The van der Waals surface area contributed by atoms with Crippen molar-refractivity contribution in [3.8, 4) is 5.75 Å². The van der Waals surface area contributed by atoms with Gasteiger partial charge in [-0.3, -0.25) is 0 Å². The van der Waals surface area contributed by atoms with Gasteiger partial charge in [0.05, 0.1) is 18.8 Å². The summed E-state index contributed by atoms with van der Waals surface area (Å²) in [4.78, 5) is 0. The maximum Gasteiger partial charge on any atom is 0.147 e. The highest BCUT2D eigenvalue weighted by Crippen LogP contribution is 2.30. The zero-order valence-corrected chi connectivity index (χ0v) is 13.3. The lowest BCUT2D eigenvalue weighted by molar-refractivity contribution is 0.407. The van der Waals surface area contributed by atoms with E-state index in [1.54, 1.807) is 13.2 Å². The summed E-state index contributed by atoms with van der Waals surface area (Å²) in [7, 11) is 1.64. The SMILES string of the molecule is COc1cc(C)ccc1C(C)Nc1ccc(Br)cc1F. The Balaban J connectivity index is 2.25. The van der Waals surface area contributed by atoms with E-state index in [1.807, 2.05) is 38.1 Å². The zero-order chi connectivity index (χ0) is 14.7. The van der Waals surface area contributed by atoms with Gasteiger partial charge in [-0.1, -0.05) is 28.1 Å². The lowest BCUT2D eigenvalue weighted by Crippen LogP contribution is -2.09. The number of nitrogens with one attached hydrogen (secondary N) is 1. The largest absolute Gasteiger partial charge is 0.496 e. The fourth-order valence-electron chi connectivity index (χ4n) is 2.09. The number of ether oxygens (including phenoxy) is 1. The van der Waals surface area contributed by atoms with E-state index < -0.39 is 0 Å². The molecule has 20 heavy (non-hydrogen) atoms. The standard InChI is InChI=1S/C16H17BrFNO/c1-10-4-6-13(16(8-10)20-3)11(2)19-15-7-5-12(17)9-14(15)18/h4-9,11,19H,1-3H3. The summed E-state index contributed by atoms with van der Waals surface area (Å²) in [6.45, 7) is 3.99. The summed E-state index contributed by atoms with van der Waals surface area (Å²) in [5, 5.41) is 3.17. The Bertz CT molecular complexity index is 615. The normalized spacial score (nSPS) is 12.1. The predicted octanol–water partition coefficient (Wildman–Crippen LogP) is 5.08. The Morgan fingerprint density at radius 3 is 2.60 bits per heavy atom. The molecule has 1 atom stereocenters. The third-order valence-electron chi connectivity index (χ3n) is 3.16. The molecule has 106 valence electrons. The lowest BCUT2D eigenvalue weighted by atomic mass is 10.0. The Morgan fingerprint density at radius 1 is 1.20 bits per heavy atom. The summed E-state index contributed by atoms with van der Waals surface area (Å²) < 4.78 is 20.0. The summed E-state index contributed by atoms with van der Waals surface area (Å²) in [6.07, 6.45) is 0. The van der Waals surface area contributed by atoms with Crippen LogP contribution in [0, 0.1) is 12.7 Å². The summed E-state index contributed by atoms with van der Waals surface area (Å²) >= 11 is 3.25. The van der Waals surface area contributed by atoms with Gasteiger partial charge in [0.2, 0.25) is 0 Å². The molecule has 0 spiro atoms. The van der Waals surface area contributed by atoms with Gasteiger partial charge in [0, 0.05) is 10.0 Å². The molecule has 0 radical (unpaired) electrons. The Hall–Kier alpha value is -1.55. The van der Waals surface area contributed by atoms with E-state index in [-0.39, 0.29) is 11.9 Å². The number of hydrogen-bond donors (Lipinski definition) is 1. The average Bonchev–Trinajstić information content (AvgIpc) is 2.41. The Kier molecular flexibility index (Phi) is 4.65. The van der Waals surface area contributed by atoms with Crippen LogP contribution in [0.1, 0.15) is 24.1 Å². The topological polar surface area (TPSA) is 21.3 Å². The van der Waals surface area contributed by atoms with Crippen LogP contribution in [-0.2, 0) is 0 Å². The smallest absolute Gasteiger partial charge is 0.147 e. The Labute approximate surface area is 127 Å². The first-order valence-electron chi connectivity index (χ1n) is 6.37. The first kappa shape index (κ1) is 14.9. The summed E-state index contributed by atoms with van der Waals surface area (Å²) in [6, 6.07) is 10.9. The van der Waals surface area contributed by atoms with Crippen molar-refractivity contribution < 1.29 is 9.13 Å². The van der Waals surface area contributed by atoms with E-state index in [1.165, 1.54) is 6.07 Å². The van der Waals surface area contributed by atoms with Gasteiger partial charge in [0.15, 0.2) is 0 Å². The molecule has 0 aliphatic carbocycles. The van der Waals surface area contributed by atoms with Gasteiger partial charge in [-0.25, -0.2) is 4.39 Å². The molecule has 0 amide bonds. The number of aryl methyl sites for hydroxylation is 1. The first-order chi connectivity index (χ1) is 9.51. The highest BCUT2D eigenvalue weighted by Gasteiger charge is 2.13. The summed E-state index contributed by atoms with van der Waals surface area (Å²) in [5.41, 5.74) is 2.61. The molecule has 0 aromatic heterocycles. The molecule has 0 heterocycles. The lowest BCUT2D eigenvalue weighted by Gasteiger charge is -2.19. The third-order valence-corrected chi connectivity index (χ3v) is 3.65. The van der Waals surface area contributed by atoms with Crippen molar-refractivity contribution >= 4 is 21.6 Å². The monoisotopic (exact) mass is 337 g/mol. The second-order valence-corrected chi connectivity index (χ2v) is 5.65. The minimum absolute atomic E-state index is 0.0544.